The van der Waals surface area contributed by atoms with E-state index in [-0.39, 0.29) is 11.5 Å². The fourth-order valence-electron chi connectivity index (χ4n) is 3.58. The summed E-state index contributed by atoms with van der Waals surface area (Å²) < 4.78 is 6.72. The van der Waals surface area contributed by atoms with Crippen LogP contribution in [0.5, 0.6) is 0 Å². The number of nitrogens with zero attached hydrogens (tertiary/aromatic N) is 2. The van der Waals surface area contributed by atoms with Gasteiger partial charge in [0, 0.05) is 31.1 Å². The van der Waals surface area contributed by atoms with Gasteiger partial charge in [-0.25, -0.2) is 0 Å². The van der Waals surface area contributed by atoms with E-state index in [1.807, 2.05) is 43.3 Å². The first-order valence-electron chi connectivity index (χ1n) is 9.51. The fourth-order valence-corrected chi connectivity index (χ4v) is 3.58. The number of amides is 1. The molecule has 148 valence electrons. The first-order chi connectivity index (χ1) is 14.1. The molecule has 2 aromatic carbocycles. The highest BCUT2D eigenvalue weighted by Crippen LogP contribution is 2.27. The Morgan fingerprint density at radius 3 is 2.79 bits per heavy atom. The van der Waals surface area contributed by atoms with Crippen LogP contribution in [0.15, 0.2) is 53.5 Å². The largest absolute Gasteiger partial charge is 0.383 e. The molecular weight excluding hydrogens is 368 g/mol. The van der Waals surface area contributed by atoms with Crippen molar-refractivity contribution in [2.24, 2.45) is 0 Å². The maximum atomic E-state index is 12.8. The van der Waals surface area contributed by atoms with Gasteiger partial charge in [0.05, 0.1) is 29.2 Å². The van der Waals surface area contributed by atoms with Gasteiger partial charge in [0.15, 0.2) is 0 Å². The van der Waals surface area contributed by atoms with Crippen LogP contribution in [0.3, 0.4) is 0 Å². The lowest BCUT2D eigenvalue weighted by Gasteiger charge is -2.12. The van der Waals surface area contributed by atoms with Crippen molar-refractivity contribution in [3.8, 4) is 11.1 Å². The predicted octanol–water partition coefficient (Wildman–Crippen LogP) is 2.94. The Labute approximate surface area is 167 Å². The van der Waals surface area contributed by atoms with Gasteiger partial charge in [-0.05, 0) is 36.2 Å². The molecule has 2 aromatic heterocycles. The molecule has 0 saturated heterocycles. The van der Waals surface area contributed by atoms with Crippen LogP contribution in [0.2, 0.25) is 0 Å². The van der Waals surface area contributed by atoms with E-state index in [4.69, 9.17) is 4.74 Å². The molecular formula is C22H22N4O3. The molecule has 2 N–H and O–H groups in total. The lowest BCUT2D eigenvalue weighted by atomic mass is 10.0. The normalized spacial score (nSPS) is 11.2. The van der Waals surface area contributed by atoms with Crippen molar-refractivity contribution < 1.29 is 9.53 Å². The first-order valence-corrected chi connectivity index (χ1v) is 9.51. The number of benzene rings is 2. The standard InChI is InChI=1S/C22H22N4O3/c1-3-26-19-12-15(7-8-17(19)20-18(22(26)28)13-24-25-20)14-5-4-6-16(11-14)21(27)23-9-10-29-2/h4-8,11-13H,3,9-10H2,1-2H3,(H,23,27)(H,24,25). The van der Waals surface area contributed by atoms with Crippen LogP contribution in [0.25, 0.3) is 32.9 Å². The van der Waals surface area contributed by atoms with Gasteiger partial charge < -0.3 is 14.6 Å². The number of fused-ring (bicyclic) bond motifs is 3. The molecule has 4 aromatic rings. The lowest BCUT2D eigenvalue weighted by Crippen LogP contribution is -2.26. The summed E-state index contributed by atoms with van der Waals surface area (Å²) in [6.45, 7) is 3.43. The van der Waals surface area contributed by atoms with Gasteiger partial charge in [0.25, 0.3) is 11.5 Å². The molecule has 0 aliphatic heterocycles. The summed E-state index contributed by atoms with van der Waals surface area (Å²) in [7, 11) is 1.60. The summed E-state index contributed by atoms with van der Waals surface area (Å²) in [4.78, 5) is 25.1. The lowest BCUT2D eigenvalue weighted by molar-refractivity contribution is 0.0937. The third kappa shape index (κ3) is 3.40. The van der Waals surface area contributed by atoms with Crippen molar-refractivity contribution in [1.29, 1.82) is 0 Å². The highest BCUT2D eigenvalue weighted by atomic mass is 16.5. The Morgan fingerprint density at radius 1 is 1.17 bits per heavy atom. The van der Waals surface area contributed by atoms with Crippen molar-refractivity contribution in [2.75, 3.05) is 20.3 Å². The molecule has 0 fully saturated rings. The van der Waals surface area contributed by atoms with Gasteiger partial charge in [-0.2, -0.15) is 5.10 Å². The minimum atomic E-state index is -0.144. The van der Waals surface area contributed by atoms with Gasteiger partial charge in [0.2, 0.25) is 0 Å². The molecule has 1 amide bonds. The summed E-state index contributed by atoms with van der Waals surface area (Å²) in [5.74, 6) is -0.144. The van der Waals surface area contributed by atoms with Crippen LogP contribution in [0, 0.1) is 0 Å². The fraction of sp³-hybridized carbons (Fsp3) is 0.227. The number of nitrogens with one attached hydrogen (secondary N) is 2. The van der Waals surface area contributed by atoms with E-state index in [9.17, 15) is 9.59 Å². The monoisotopic (exact) mass is 390 g/mol. The molecule has 0 aliphatic carbocycles. The summed E-state index contributed by atoms with van der Waals surface area (Å²) in [5.41, 5.74) is 3.94. The van der Waals surface area contributed by atoms with E-state index >= 15 is 0 Å². The number of hydrogen-bond acceptors (Lipinski definition) is 4. The SMILES string of the molecule is CCn1c(=O)c2cn[nH]c2c2ccc(-c3cccc(C(=O)NCCOC)c3)cc21. The number of methoxy groups -OCH3 is 1. The smallest absolute Gasteiger partial charge is 0.262 e. The molecule has 0 spiro atoms. The van der Waals surface area contributed by atoms with Crippen LogP contribution >= 0.6 is 0 Å². The van der Waals surface area contributed by atoms with E-state index in [1.165, 1.54) is 0 Å². The zero-order chi connectivity index (χ0) is 20.4. The Morgan fingerprint density at radius 2 is 2.00 bits per heavy atom. The number of pyridine rings is 1. The predicted molar refractivity (Wildman–Crippen MR) is 113 cm³/mol. The second-order valence-corrected chi connectivity index (χ2v) is 6.77. The number of ether oxygens (including phenoxy) is 1. The minimum absolute atomic E-state index is 0.0628. The molecule has 4 rings (SSSR count). The number of carbonyl (C=O) groups is 1. The average Bonchev–Trinajstić information content (AvgIpc) is 3.24. The number of aromatic nitrogens is 3. The van der Waals surface area contributed by atoms with Gasteiger partial charge in [0.1, 0.15) is 0 Å². The quantitative estimate of drug-likeness (QED) is 0.496. The Kier molecular flexibility index (Phi) is 5.14. The summed E-state index contributed by atoms with van der Waals surface area (Å²) >= 11 is 0. The van der Waals surface area contributed by atoms with Crippen molar-refractivity contribution in [1.82, 2.24) is 20.1 Å². The molecule has 0 aliphatic rings. The summed E-state index contributed by atoms with van der Waals surface area (Å²) in [6.07, 6.45) is 1.57. The molecule has 7 heteroatoms. The molecule has 0 atom stereocenters. The van der Waals surface area contributed by atoms with Crippen LogP contribution in [-0.2, 0) is 11.3 Å². The van der Waals surface area contributed by atoms with Gasteiger partial charge in [-0.1, -0.05) is 24.3 Å². The highest BCUT2D eigenvalue weighted by Gasteiger charge is 2.13. The maximum Gasteiger partial charge on any atom is 0.262 e. The Hall–Kier alpha value is -3.45. The third-order valence-corrected chi connectivity index (χ3v) is 5.04. The molecule has 2 heterocycles. The van der Waals surface area contributed by atoms with Crippen molar-refractivity contribution >= 4 is 27.7 Å². The number of rotatable bonds is 6. The van der Waals surface area contributed by atoms with Crippen LogP contribution < -0.4 is 10.9 Å². The second-order valence-electron chi connectivity index (χ2n) is 6.77. The van der Waals surface area contributed by atoms with Crippen LogP contribution in [-0.4, -0.2) is 40.9 Å². The van der Waals surface area contributed by atoms with Crippen molar-refractivity contribution in [3.05, 3.63) is 64.6 Å². The minimum Gasteiger partial charge on any atom is -0.383 e. The summed E-state index contributed by atoms with van der Waals surface area (Å²) in [5, 5.41) is 11.3. The van der Waals surface area contributed by atoms with Crippen LogP contribution in [0.4, 0.5) is 0 Å². The van der Waals surface area contributed by atoms with Gasteiger partial charge in [-0.15, -0.1) is 0 Å². The van der Waals surface area contributed by atoms with Crippen molar-refractivity contribution in [3.63, 3.8) is 0 Å². The van der Waals surface area contributed by atoms with Crippen LogP contribution in [0.1, 0.15) is 17.3 Å². The second kappa shape index (κ2) is 7.89. The van der Waals surface area contributed by atoms with Crippen molar-refractivity contribution in [2.45, 2.75) is 13.5 Å². The van der Waals surface area contributed by atoms with E-state index in [1.54, 1.807) is 23.9 Å². The van der Waals surface area contributed by atoms with E-state index < -0.39 is 0 Å². The number of aromatic amines is 1. The Bertz CT molecular complexity index is 1260. The molecule has 29 heavy (non-hydrogen) atoms. The highest BCUT2D eigenvalue weighted by molar-refractivity contribution is 6.04. The van der Waals surface area contributed by atoms with E-state index in [0.717, 1.165) is 27.5 Å². The molecule has 0 unspecified atom stereocenters. The maximum absolute atomic E-state index is 12.8. The molecule has 0 saturated carbocycles. The third-order valence-electron chi connectivity index (χ3n) is 5.04. The molecule has 7 nitrogen and oxygen atoms in total. The Balaban J connectivity index is 1.79. The first kappa shape index (κ1) is 18.9. The number of H-pyrrole nitrogens is 1. The van der Waals surface area contributed by atoms with Gasteiger partial charge in [-0.3, -0.25) is 14.7 Å². The number of carbonyl (C=O) groups excluding carboxylic acids is 1. The molecule has 0 radical (unpaired) electrons. The van der Waals surface area contributed by atoms with Gasteiger partial charge >= 0.3 is 0 Å². The number of hydrogen-bond donors (Lipinski definition) is 2. The van der Waals surface area contributed by atoms with E-state index in [0.29, 0.717) is 30.6 Å². The summed E-state index contributed by atoms with van der Waals surface area (Å²) in [6, 6.07) is 13.4. The molecule has 0 bridgehead atoms. The average molecular weight is 390 g/mol. The number of aryl methyl sites for hydroxylation is 1. The topological polar surface area (TPSA) is 89.0 Å². The van der Waals surface area contributed by atoms with E-state index in [2.05, 4.69) is 15.5 Å². The zero-order valence-electron chi connectivity index (χ0n) is 16.4. The zero-order valence-corrected chi connectivity index (χ0v) is 16.4.